The van der Waals surface area contributed by atoms with Crippen molar-refractivity contribution in [3.8, 4) is 0 Å². The lowest BCUT2D eigenvalue weighted by Gasteiger charge is -2.37. The molecule has 0 aromatic heterocycles. The smallest absolute Gasteiger partial charge is 0.146 e. The average molecular weight is 321 g/mol. The minimum absolute atomic E-state index is 0.148. The molecule has 1 aliphatic heterocycles. The minimum Gasteiger partial charge on any atom is -0.375 e. The third kappa shape index (κ3) is 2.45. The van der Waals surface area contributed by atoms with Crippen molar-refractivity contribution in [1.82, 2.24) is 0 Å². The Labute approximate surface area is 143 Å². The predicted octanol–water partition coefficient (Wildman–Crippen LogP) is 5.95. The number of anilines is 1. The molecule has 1 heterocycles. The maximum Gasteiger partial charge on any atom is 0.146 e. The highest BCUT2D eigenvalue weighted by Gasteiger charge is 2.38. The van der Waals surface area contributed by atoms with Gasteiger partial charge in [0.2, 0.25) is 0 Å². The fraction of sp³-hybridized carbons (Fsp3) is 0.364. The molecule has 0 saturated carbocycles. The molecule has 1 aliphatic carbocycles. The van der Waals surface area contributed by atoms with Gasteiger partial charge in [0.25, 0.3) is 0 Å². The Morgan fingerprint density at radius 2 is 1.79 bits per heavy atom. The summed E-state index contributed by atoms with van der Waals surface area (Å²) < 4.78 is 14.4. The van der Waals surface area contributed by atoms with Gasteiger partial charge in [-0.15, -0.1) is 0 Å². The minimum atomic E-state index is -0.150. The Balaban J connectivity index is 1.73. The Morgan fingerprint density at radius 1 is 1.04 bits per heavy atom. The highest BCUT2D eigenvalue weighted by molar-refractivity contribution is 5.60. The van der Waals surface area contributed by atoms with E-state index < -0.39 is 0 Å². The molecule has 4 rings (SSSR count). The van der Waals surface area contributed by atoms with Gasteiger partial charge in [-0.25, -0.2) is 4.39 Å². The van der Waals surface area contributed by atoms with Crippen molar-refractivity contribution in [3.05, 3.63) is 77.1 Å². The Hall–Kier alpha value is -2.09. The van der Waals surface area contributed by atoms with E-state index in [1.165, 1.54) is 11.1 Å². The summed E-state index contributed by atoms with van der Waals surface area (Å²) in [6.07, 6.45) is 5.53. The third-order valence-corrected chi connectivity index (χ3v) is 5.48. The van der Waals surface area contributed by atoms with Gasteiger partial charge in [0.15, 0.2) is 0 Å². The van der Waals surface area contributed by atoms with Gasteiger partial charge in [-0.2, -0.15) is 0 Å². The van der Waals surface area contributed by atoms with Crippen molar-refractivity contribution in [2.75, 3.05) is 5.32 Å². The molecule has 0 amide bonds. The Bertz CT molecular complexity index is 783. The molecular formula is C22H24FN. The second-order valence-electron chi connectivity index (χ2n) is 8.05. The molecule has 0 bridgehead atoms. The zero-order valence-corrected chi connectivity index (χ0v) is 14.5. The van der Waals surface area contributed by atoms with Crippen LogP contribution >= 0.6 is 0 Å². The first-order valence-corrected chi connectivity index (χ1v) is 8.77. The first kappa shape index (κ1) is 15.4. The summed E-state index contributed by atoms with van der Waals surface area (Å²) in [5, 5.41) is 3.50. The molecule has 2 aromatic rings. The standard InChI is InChI=1S/C22H24FN/c1-22(2,3)15-12-10-14(11-13-15)20-17-7-4-6-16(17)18-8-5-9-19(23)21(18)24-20/h4-6,8-13,16-17,20,24H,7H2,1-3H3/t16-,17+,20-/m0/s1. The molecule has 1 N–H and O–H groups in total. The molecule has 0 saturated heterocycles. The topological polar surface area (TPSA) is 12.0 Å². The summed E-state index contributed by atoms with van der Waals surface area (Å²) in [6.45, 7) is 6.68. The highest BCUT2D eigenvalue weighted by Crippen LogP contribution is 2.50. The molecule has 0 radical (unpaired) electrons. The van der Waals surface area contributed by atoms with Crippen LogP contribution in [0.4, 0.5) is 10.1 Å². The van der Waals surface area contributed by atoms with Crippen LogP contribution in [0.15, 0.2) is 54.6 Å². The van der Waals surface area contributed by atoms with E-state index in [-0.39, 0.29) is 17.3 Å². The predicted molar refractivity (Wildman–Crippen MR) is 97.9 cm³/mol. The van der Waals surface area contributed by atoms with Crippen molar-refractivity contribution < 1.29 is 4.39 Å². The molecule has 2 heteroatoms. The second-order valence-corrected chi connectivity index (χ2v) is 8.05. The van der Waals surface area contributed by atoms with Gasteiger partial charge in [-0.05, 0) is 40.5 Å². The Kier molecular flexibility index (Phi) is 3.52. The van der Waals surface area contributed by atoms with E-state index >= 15 is 0 Å². The van der Waals surface area contributed by atoms with E-state index in [0.29, 0.717) is 17.5 Å². The van der Waals surface area contributed by atoms with E-state index in [0.717, 1.165) is 12.0 Å². The van der Waals surface area contributed by atoms with Gasteiger partial charge in [0.05, 0.1) is 11.7 Å². The van der Waals surface area contributed by atoms with Gasteiger partial charge in [0, 0.05) is 5.92 Å². The van der Waals surface area contributed by atoms with Crippen LogP contribution < -0.4 is 5.32 Å². The quantitative estimate of drug-likeness (QED) is 0.640. The molecule has 24 heavy (non-hydrogen) atoms. The van der Waals surface area contributed by atoms with E-state index in [1.54, 1.807) is 6.07 Å². The molecule has 0 fully saturated rings. The summed E-state index contributed by atoms with van der Waals surface area (Å²) in [4.78, 5) is 0. The number of hydrogen-bond donors (Lipinski definition) is 1. The second kappa shape index (κ2) is 5.47. The summed E-state index contributed by atoms with van der Waals surface area (Å²) in [5.41, 5.74) is 4.49. The summed E-state index contributed by atoms with van der Waals surface area (Å²) >= 11 is 0. The number of fused-ring (bicyclic) bond motifs is 3. The number of hydrogen-bond acceptors (Lipinski definition) is 1. The normalized spacial score (nSPS) is 25.1. The zero-order valence-electron chi connectivity index (χ0n) is 14.5. The fourth-order valence-corrected chi connectivity index (χ4v) is 4.10. The zero-order chi connectivity index (χ0) is 16.9. The van der Waals surface area contributed by atoms with Crippen molar-refractivity contribution in [1.29, 1.82) is 0 Å². The lowest BCUT2D eigenvalue weighted by molar-refractivity contribution is 0.420. The van der Waals surface area contributed by atoms with Crippen molar-refractivity contribution in [3.63, 3.8) is 0 Å². The number of rotatable bonds is 1. The fourth-order valence-electron chi connectivity index (χ4n) is 4.10. The van der Waals surface area contributed by atoms with E-state index in [4.69, 9.17) is 0 Å². The van der Waals surface area contributed by atoms with Gasteiger partial charge in [0.1, 0.15) is 5.82 Å². The van der Waals surface area contributed by atoms with Crippen LogP contribution in [-0.2, 0) is 5.41 Å². The molecule has 2 aliphatic rings. The summed E-state index contributed by atoms with van der Waals surface area (Å²) in [5.74, 6) is 0.617. The molecule has 1 nitrogen and oxygen atoms in total. The molecule has 0 spiro atoms. The van der Waals surface area contributed by atoms with Gasteiger partial charge in [-0.1, -0.05) is 69.3 Å². The van der Waals surface area contributed by atoms with Crippen LogP contribution in [0.1, 0.15) is 55.8 Å². The first-order chi connectivity index (χ1) is 11.4. The van der Waals surface area contributed by atoms with Crippen LogP contribution in [-0.4, -0.2) is 0 Å². The molecule has 3 atom stereocenters. The van der Waals surface area contributed by atoms with Crippen LogP contribution in [0.2, 0.25) is 0 Å². The van der Waals surface area contributed by atoms with Gasteiger partial charge in [-0.3, -0.25) is 0 Å². The van der Waals surface area contributed by atoms with Crippen molar-refractivity contribution in [2.45, 2.75) is 44.6 Å². The van der Waals surface area contributed by atoms with E-state index in [9.17, 15) is 4.39 Å². The Morgan fingerprint density at radius 3 is 2.50 bits per heavy atom. The monoisotopic (exact) mass is 321 g/mol. The summed E-state index contributed by atoms with van der Waals surface area (Å²) in [7, 11) is 0. The summed E-state index contributed by atoms with van der Waals surface area (Å²) in [6, 6.07) is 14.4. The number of allylic oxidation sites excluding steroid dienone is 2. The van der Waals surface area contributed by atoms with Crippen molar-refractivity contribution in [2.24, 2.45) is 5.92 Å². The largest absolute Gasteiger partial charge is 0.375 e. The molecule has 2 aromatic carbocycles. The molecule has 0 unspecified atom stereocenters. The maximum atomic E-state index is 14.4. The van der Waals surface area contributed by atoms with Gasteiger partial charge >= 0.3 is 0 Å². The van der Waals surface area contributed by atoms with Crippen LogP contribution in [0.5, 0.6) is 0 Å². The van der Waals surface area contributed by atoms with Gasteiger partial charge < -0.3 is 5.32 Å². The van der Waals surface area contributed by atoms with E-state index in [2.05, 4.69) is 68.6 Å². The average Bonchev–Trinajstić information content (AvgIpc) is 3.04. The van der Waals surface area contributed by atoms with Crippen LogP contribution in [0.3, 0.4) is 0 Å². The number of para-hydroxylation sites is 1. The third-order valence-electron chi connectivity index (χ3n) is 5.48. The lowest BCUT2D eigenvalue weighted by Crippen LogP contribution is -2.29. The van der Waals surface area contributed by atoms with Crippen LogP contribution in [0, 0.1) is 11.7 Å². The first-order valence-electron chi connectivity index (χ1n) is 8.77. The number of halogens is 1. The van der Waals surface area contributed by atoms with Crippen molar-refractivity contribution >= 4 is 5.69 Å². The molecule has 124 valence electrons. The lowest BCUT2D eigenvalue weighted by atomic mass is 9.76. The van der Waals surface area contributed by atoms with E-state index in [1.807, 2.05) is 6.07 Å². The number of nitrogens with one attached hydrogen (secondary N) is 1. The SMILES string of the molecule is CC(C)(C)c1ccc([C@@H]2Nc3c(F)cccc3[C@H]3C=CC[C@H]32)cc1. The number of benzene rings is 2. The maximum absolute atomic E-state index is 14.4. The molecular weight excluding hydrogens is 297 g/mol. The van der Waals surface area contributed by atoms with Crippen LogP contribution in [0.25, 0.3) is 0 Å². The highest BCUT2D eigenvalue weighted by atomic mass is 19.1.